The van der Waals surface area contributed by atoms with Gasteiger partial charge >= 0.3 is 0 Å². The Bertz CT molecular complexity index is 686. The smallest absolute Gasteiger partial charge is 0.142 e. The number of benzene rings is 2. The molecule has 4 rings (SSSR count). The van der Waals surface area contributed by atoms with E-state index in [1.54, 1.807) is 0 Å². The van der Waals surface area contributed by atoms with Crippen LogP contribution in [0.25, 0.3) is 0 Å². The average molecular weight is 247 g/mol. The molecule has 2 aromatic rings. The van der Waals surface area contributed by atoms with Crippen LogP contribution in [0.5, 0.6) is 0 Å². The third-order valence-corrected chi connectivity index (χ3v) is 3.50. The van der Waals surface area contributed by atoms with Gasteiger partial charge in [0.15, 0.2) is 0 Å². The molecule has 0 fully saturated rings. The first-order valence-electron chi connectivity index (χ1n) is 6.49. The van der Waals surface area contributed by atoms with Gasteiger partial charge in [-0.3, -0.25) is 4.99 Å². The van der Waals surface area contributed by atoms with Crippen LogP contribution in [0.15, 0.2) is 64.6 Å². The lowest BCUT2D eigenvalue weighted by atomic mass is 10.1. The van der Waals surface area contributed by atoms with Crippen molar-refractivity contribution in [3.8, 4) is 0 Å². The molecule has 0 bridgehead atoms. The third kappa shape index (κ3) is 1.58. The highest BCUT2D eigenvalue weighted by molar-refractivity contribution is 6.20. The summed E-state index contributed by atoms with van der Waals surface area (Å²) in [5.41, 5.74) is 3.30. The van der Waals surface area contributed by atoms with Gasteiger partial charge in [0.05, 0.1) is 12.2 Å². The monoisotopic (exact) mass is 247 g/mol. The molecule has 3 nitrogen and oxygen atoms in total. The van der Waals surface area contributed by atoms with Gasteiger partial charge < -0.3 is 4.90 Å². The molecular formula is C16H13N3. The first-order valence-corrected chi connectivity index (χ1v) is 6.49. The lowest BCUT2D eigenvalue weighted by Crippen LogP contribution is -2.37. The molecule has 19 heavy (non-hydrogen) atoms. The highest BCUT2D eigenvalue weighted by Crippen LogP contribution is 2.30. The molecule has 3 heteroatoms. The Morgan fingerprint density at radius 3 is 2.53 bits per heavy atom. The molecule has 0 N–H and O–H groups in total. The normalized spacial score (nSPS) is 16.5. The summed E-state index contributed by atoms with van der Waals surface area (Å²) in [5, 5.41) is 0. The van der Waals surface area contributed by atoms with Crippen LogP contribution < -0.4 is 0 Å². The van der Waals surface area contributed by atoms with Gasteiger partial charge in [-0.15, -0.1) is 0 Å². The van der Waals surface area contributed by atoms with Gasteiger partial charge in [0.25, 0.3) is 0 Å². The van der Waals surface area contributed by atoms with Crippen molar-refractivity contribution >= 4 is 17.4 Å². The Morgan fingerprint density at radius 1 is 0.842 bits per heavy atom. The zero-order chi connectivity index (χ0) is 12.7. The molecule has 0 saturated carbocycles. The van der Waals surface area contributed by atoms with Crippen LogP contribution in [0.2, 0.25) is 0 Å². The first-order chi connectivity index (χ1) is 9.43. The highest BCUT2D eigenvalue weighted by Gasteiger charge is 2.29. The Hall–Kier alpha value is -2.42. The number of fused-ring (bicyclic) bond motifs is 3. The van der Waals surface area contributed by atoms with E-state index < -0.39 is 0 Å². The second-order valence-electron chi connectivity index (χ2n) is 4.68. The van der Waals surface area contributed by atoms with Gasteiger partial charge in [-0.1, -0.05) is 42.5 Å². The minimum Gasteiger partial charge on any atom is -0.308 e. The van der Waals surface area contributed by atoms with Crippen molar-refractivity contribution in [3.63, 3.8) is 0 Å². The molecule has 0 radical (unpaired) electrons. The van der Waals surface area contributed by atoms with Crippen molar-refractivity contribution in [2.45, 2.75) is 0 Å². The van der Waals surface area contributed by atoms with Gasteiger partial charge in [0.1, 0.15) is 11.7 Å². The first kappa shape index (κ1) is 10.5. The van der Waals surface area contributed by atoms with Crippen LogP contribution in [0.4, 0.5) is 5.69 Å². The summed E-state index contributed by atoms with van der Waals surface area (Å²) in [5.74, 6) is 2.07. The number of rotatable bonds is 1. The lowest BCUT2D eigenvalue weighted by molar-refractivity contribution is 0.662. The van der Waals surface area contributed by atoms with E-state index in [4.69, 9.17) is 4.99 Å². The summed E-state index contributed by atoms with van der Waals surface area (Å²) in [6, 6.07) is 18.5. The molecule has 2 heterocycles. The standard InChI is InChI=1S/C16H13N3/c1-2-6-12(7-3-1)15-18-14-9-5-4-8-13(14)16-17-10-11-19(15)16/h1-9H,10-11H2. The maximum absolute atomic E-state index is 4.82. The molecule has 0 aromatic heterocycles. The number of hydrogen-bond donors (Lipinski definition) is 0. The Labute approximate surface area is 111 Å². The summed E-state index contributed by atoms with van der Waals surface area (Å²) in [7, 11) is 0. The van der Waals surface area contributed by atoms with E-state index in [-0.39, 0.29) is 0 Å². The quantitative estimate of drug-likeness (QED) is 0.761. The Morgan fingerprint density at radius 2 is 1.63 bits per heavy atom. The van der Waals surface area contributed by atoms with Gasteiger partial charge in [0, 0.05) is 17.7 Å². The van der Waals surface area contributed by atoms with E-state index >= 15 is 0 Å². The predicted octanol–water partition coefficient (Wildman–Crippen LogP) is 2.84. The fourth-order valence-electron chi connectivity index (χ4n) is 2.63. The van der Waals surface area contributed by atoms with Crippen LogP contribution in [-0.4, -0.2) is 29.7 Å². The molecule has 0 aliphatic carbocycles. The molecule has 0 atom stereocenters. The number of aliphatic imine (C=N–C) groups is 2. The Kier molecular flexibility index (Phi) is 2.24. The largest absolute Gasteiger partial charge is 0.308 e. The van der Waals surface area contributed by atoms with Crippen molar-refractivity contribution in [2.75, 3.05) is 13.1 Å². The summed E-state index contributed by atoms with van der Waals surface area (Å²) < 4.78 is 0. The fourth-order valence-corrected chi connectivity index (χ4v) is 2.63. The number of amidine groups is 2. The maximum atomic E-state index is 4.82. The van der Waals surface area contributed by atoms with E-state index in [9.17, 15) is 0 Å². The molecular weight excluding hydrogens is 234 g/mol. The minimum absolute atomic E-state index is 0.843. The number of para-hydroxylation sites is 1. The second kappa shape index (κ2) is 4.05. The molecule has 0 unspecified atom stereocenters. The third-order valence-electron chi connectivity index (χ3n) is 3.50. The van der Waals surface area contributed by atoms with Crippen molar-refractivity contribution in [1.82, 2.24) is 4.90 Å². The predicted molar refractivity (Wildman–Crippen MR) is 77.2 cm³/mol. The number of hydrogen-bond acceptors (Lipinski definition) is 3. The summed E-state index contributed by atoms with van der Waals surface area (Å²) >= 11 is 0. The molecule has 0 amide bonds. The van der Waals surface area contributed by atoms with E-state index in [2.05, 4.69) is 34.2 Å². The van der Waals surface area contributed by atoms with Crippen molar-refractivity contribution in [1.29, 1.82) is 0 Å². The SMILES string of the molecule is c1ccc(C2=Nc3ccccc3C3=NCCN23)cc1. The second-order valence-corrected chi connectivity index (χ2v) is 4.68. The van der Waals surface area contributed by atoms with E-state index in [1.165, 1.54) is 0 Å². The van der Waals surface area contributed by atoms with Gasteiger partial charge in [-0.2, -0.15) is 0 Å². The molecule has 2 aliphatic rings. The lowest BCUT2D eigenvalue weighted by Gasteiger charge is -2.27. The van der Waals surface area contributed by atoms with Gasteiger partial charge in [0.2, 0.25) is 0 Å². The molecule has 2 aromatic carbocycles. The van der Waals surface area contributed by atoms with E-state index in [0.29, 0.717) is 0 Å². The van der Waals surface area contributed by atoms with E-state index in [0.717, 1.165) is 41.6 Å². The maximum Gasteiger partial charge on any atom is 0.142 e. The van der Waals surface area contributed by atoms with Crippen molar-refractivity contribution < 1.29 is 0 Å². The Balaban J connectivity index is 1.93. The molecule has 0 spiro atoms. The minimum atomic E-state index is 0.843. The van der Waals surface area contributed by atoms with Crippen LogP contribution in [0.3, 0.4) is 0 Å². The van der Waals surface area contributed by atoms with E-state index in [1.807, 2.05) is 30.3 Å². The van der Waals surface area contributed by atoms with Crippen LogP contribution >= 0.6 is 0 Å². The molecule has 2 aliphatic heterocycles. The van der Waals surface area contributed by atoms with Crippen LogP contribution in [0.1, 0.15) is 11.1 Å². The number of nitrogens with zero attached hydrogens (tertiary/aromatic N) is 3. The average Bonchev–Trinajstić information content (AvgIpc) is 2.97. The zero-order valence-electron chi connectivity index (χ0n) is 10.5. The van der Waals surface area contributed by atoms with Crippen LogP contribution in [0, 0.1) is 0 Å². The van der Waals surface area contributed by atoms with Crippen molar-refractivity contribution in [2.24, 2.45) is 9.98 Å². The highest BCUT2D eigenvalue weighted by atomic mass is 15.3. The van der Waals surface area contributed by atoms with Gasteiger partial charge in [-0.05, 0) is 12.1 Å². The zero-order valence-corrected chi connectivity index (χ0v) is 10.5. The topological polar surface area (TPSA) is 28.0 Å². The summed E-state index contributed by atoms with van der Waals surface area (Å²) in [6.07, 6.45) is 0. The van der Waals surface area contributed by atoms with Crippen LogP contribution in [-0.2, 0) is 0 Å². The van der Waals surface area contributed by atoms with Gasteiger partial charge in [-0.25, -0.2) is 4.99 Å². The molecule has 0 saturated heterocycles. The van der Waals surface area contributed by atoms with Crippen molar-refractivity contribution in [3.05, 3.63) is 65.7 Å². The summed E-state index contributed by atoms with van der Waals surface area (Å²) in [6.45, 7) is 1.76. The fraction of sp³-hybridized carbons (Fsp3) is 0.125. The summed E-state index contributed by atoms with van der Waals surface area (Å²) in [4.78, 5) is 11.7. The molecule has 92 valence electrons.